The van der Waals surface area contributed by atoms with Gasteiger partial charge in [-0.15, -0.1) is 0 Å². The minimum Gasteiger partial charge on any atom is -0.469 e. The van der Waals surface area contributed by atoms with E-state index in [2.05, 4.69) is 9.47 Å². The first-order valence-electron chi connectivity index (χ1n) is 5.24. The second kappa shape index (κ2) is 4.61. The molecule has 1 aliphatic carbocycles. The number of ether oxygens (including phenoxy) is 3. The van der Waals surface area contributed by atoms with Crippen LogP contribution < -0.4 is 0 Å². The molecule has 18 heavy (non-hydrogen) atoms. The van der Waals surface area contributed by atoms with E-state index < -0.39 is 41.8 Å². The summed E-state index contributed by atoms with van der Waals surface area (Å²) in [6.07, 6.45) is 0.570. The molecular formula is C11H11ClO6. The largest absolute Gasteiger partial charge is 0.469 e. The SMILES string of the molecule is COC(=O)[C@@H]1[C@@H](C(=O)OC)[C@H]2C(=O)O[C@@H]1C=C2Cl. The van der Waals surface area contributed by atoms with Crippen LogP contribution in [-0.2, 0) is 28.6 Å². The molecule has 0 radical (unpaired) electrons. The number of hydrogen-bond donors (Lipinski definition) is 0. The van der Waals surface area contributed by atoms with Gasteiger partial charge in [0.2, 0.25) is 0 Å². The van der Waals surface area contributed by atoms with Crippen LogP contribution in [-0.4, -0.2) is 38.2 Å². The van der Waals surface area contributed by atoms with E-state index in [0.29, 0.717) is 0 Å². The maximum Gasteiger partial charge on any atom is 0.315 e. The Kier molecular flexibility index (Phi) is 3.30. The third-order valence-electron chi connectivity index (χ3n) is 3.17. The Morgan fingerprint density at radius 1 is 1.22 bits per heavy atom. The predicted molar refractivity (Wildman–Crippen MR) is 58.3 cm³/mol. The van der Waals surface area contributed by atoms with Crippen molar-refractivity contribution >= 4 is 29.5 Å². The smallest absolute Gasteiger partial charge is 0.315 e. The summed E-state index contributed by atoms with van der Waals surface area (Å²) in [7, 11) is 2.38. The van der Waals surface area contributed by atoms with E-state index in [1.54, 1.807) is 0 Å². The highest BCUT2D eigenvalue weighted by atomic mass is 35.5. The summed E-state index contributed by atoms with van der Waals surface area (Å²) in [6.45, 7) is 0. The van der Waals surface area contributed by atoms with Gasteiger partial charge >= 0.3 is 17.9 Å². The first-order valence-corrected chi connectivity index (χ1v) is 5.62. The second-order valence-electron chi connectivity index (χ2n) is 4.03. The van der Waals surface area contributed by atoms with Crippen LogP contribution in [0.4, 0.5) is 0 Å². The highest BCUT2D eigenvalue weighted by Gasteiger charge is 2.57. The molecule has 0 N–H and O–H groups in total. The Balaban J connectivity index is 2.44. The number of carbonyl (C=O) groups is 3. The number of fused-ring (bicyclic) bond motifs is 2. The molecule has 0 unspecified atom stereocenters. The number of hydrogen-bond acceptors (Lipinski definition) is 6. The number of methoxy groups -OCH3 is 2. The van der Waals surface area contributed by atoms with Crippen molar-refractivity contribution in [3.63, 3.8) is 0 Å². The molecule has 7 heteroatoms. The first-order chi connectivity index (χ1) is 8.51. The molecule has 0 saturated carbocycles. The molecule has 4 atom stereocenters. The summed E-state index contributed by atoms with van der Waals surface area (Å²) >= 11 is 5.92. The van der Waals surface area contributed by atoms with E-state index in [4.69, 9.17) is 16.3 Å². The van der Waals surface area contributed by atoms with Crippen molar-refractivity contribution < 1.29 is 28.6 Å². The molecule has 1 fully saturated rings. The fourth-order valence-corrected chi connectivity index (χ4v) is 2.71. The zero-order valence-corrected chi connectivity index (χ0v) is 10.5. The van der Waals surface area contributed by atoms with Crippen LogP contribution in [0.25, 0.3) is 0 Å². The monoisotopic (exact) mass is 274 g/mol. The molecule has 2 aliphatic heterocycles. The fraction of sp³-hybridized carbons (Fsp3) is 0.545. The van der Waals surface area contributed by atoms with E-state index in [0.717, 1.165) is 0 Å². The number of rotatable bonds is 2. The summed E-state index contributed by atoms with van der Waals surface area (Å²) in [4.78, 5) is 35.1. The van der Waals surface area contributed by atoms with Gasteiger partial charge in [0.1, 0.15) is 17.9 Å². The average Bonchev–Trinajstić information content (AvgIpc) is 2.35. The van der Waals surface area contributed by atoms with E-state index in [1.165, 1.54) is 20.3 Å². The minimum absolute atomic E-state index is 0.201. The third-order valence-corrected chi connectivity index (χ3v) is 3.53. The molecule has 1 saturated heterocycles. The summed E-state index contributed by atoms with van der Waals surface area (Å²) < 4.78 is 14.3. The zero-order valence-electron chi connectivity index (χ0n) is 9.71. The van der Waals surface area contributed by atoms with Gasteiger partial charge < -0.3 is 14.2 Å². The van der Waals surface area contributed by atoms with Crippen LogP contribution in [0.2, 0.25) is 0 Å². The van der Waals surface area contributed by atoms with E-state index in [-0.39, 0.29) is 5.03 Å². The number of carbonyl (C=O) groups excluding carboxylic acids is 3. The van der Waals surface area contributed by atoms with Crippen molar-refractivity contribution in [1.29, 1.82) is 0 Å². The Labute approximate surface area is 108 Å². The summed E-state index contributed by atoms with van der Waals surface area (Å²) in [5.41, 5.74) is 0. The maximum atomic E-state index is 11.8. The Hall–Kier alpha value is -1.56. The molecule has 6 nitrogen and oxygen atoms in total. The molecular weight excluding hydrogens is 264 g/mol. The first kappa shape index (κ1) is 12.9. The highest BCUT2D eigenvalue weighted by Crippen LogP contribution is 2.44. The standard InChI is InChI=1S/C11H11ClO6/c1-16-9(13)7-5-3-4(12)6(11(15)18-5)8(7)10(14)17-2/h3,5-8H,1-2H3/t5-,6+,7+,8+/m1/s1. The molecule has 0 aromatic heterocycles. The van der Waals surface area contributed by atoms with Crippen molar-refractivity contribution in [3.8, 4) is 0 Å². The minimum atomic E-state index is -0.994. The molecule has 0 aromatic carbocycles. The van der Waals surface area contributed by atoms with E-state index in [9.17, 15) is 14.4 Å². The number of halogens is 1. The van der Waals surface area contributed by atoms with Gasteiger partial charge in [-0.05, 0) is 6.08 Å². The normalized spacial score (nSPS) is 33.5. The Morgan fingerprint density at radius 3 is 2.28 bits per heavy atom. The summed E-state index contributed by atoms with van der Waals surface area (Å²) in [5.74, 6) is -4.83. The van der Waals surface area contributed by atoms with Gasteiger partial charge in [0.15, 0.2) is 0 Å². The van der Waals surface area contributed by atoms with Gasteiger partial charge in [0.25, 0.3) is 0 Å². The lowest BCUT2D eigenvalue weighted by molar-refractivity contribution is -0.185. The lowest BCUT2D eigenvalue weighted by Gasteiger charge is -2.41. The fourth-order valence-electron chi connectivity index (χ4n) is 2.36. The quantitative estimate of drug-likeness (QED) is 0.530. The Bertz CT molecular complexity index is 443. The molecule has 3 aliphatic rings. The van der Waals surface area contributed by atoms with Crippen molar-refractivity contribution in [2.45, 2.75) is 6.10 Å². The van der Waals surface area contributed by atoms with Gasteiger partial charge in [0, 0.05) is 5.03 Å². The van der Waals surface area contributed by atoms with Crippen LogP contribution in [0.1, 0.15) is 0 Å². The highest BCUT2D eigenvalue weighted by molar-refractivity contribution is 6.32. The molecule has 2 heterocycles. The molecule has 0 amide bonds. The van der Waals surface area contributed by atoms with Crippen molar-refractivity contribution in [3.05, 3.63) is 11.1 Å². The van der Waals surface area contributed by atoms with Gasteiger partial charge in [-0.2, -0.15) is 0 Å². The maximum absolute atomic E-state index is 11.8. The molecule has 98 valence electrons. The van der Waals surface area contributed by atoms with Gasteiger partial charge in [-0.3, -0.25) is 14.4 Å². The lowest BCUT2D eigenvalue weighted by atomic mass is 9.71. The van der Waals surface area contributed by atoms with Crippen LogP contribution in [0, 0.1) is 17.8 Å². The van der Waals surface area contributed by atoms with Gasteiger partial charge in [-0.1, -0.05) is 11.6 Å². The Morgan fingerprint density at radius 2 is 1.78 bits per heavy atom. The van der Waals surface area contributed by atoms with Crippen molar-refractivity contribution in [2.24, 2.45) is 17.8 Å². The number of esters is 3. The van der Waals surface area contributed by atoms with E-state index in [1.807, 2.05) is 0 Å². The van der Waals surface area contributed by atoms with E-state index >= 15 is 0 Å². The molecule has 0 aromatic rings. The predicted octanol–water partition coefficient (Wildman–Crippen LogP) is 0.243. The second-order valence-corrected chi connectivity index (χ2v) is 4.47. The molecule has 0 spiro atoms. The third kappa shape index (κ3) is 1.77. The molecule has 3 rings (SSSR count). The van der Waals surface area contributed by atoms with Crippen molar-refractivity contribution in [1.82, 2.24) is 0 Å². The van der Waals surface area contributed by atoms with Gasteiger partial charge in [0.05, 0.1) is 20.1 Å². The summed E-state index contributed by atoms with van der Waals surface area (Å²) in [5, 5.41) is 0.201. The molecule has 2 bridgehead atoms. The van der Waals surface area contributed by atoms with Crippen LogP contribution >= 0.6 is 11.6 Å². The van der Waals surface area contributed by atoms with Gasteiger partial charge in [-0.25, -0.2) is 0 Å². The topological polar surface area (TPSA) is 78.9 Å². The summed E-state index contributed by atoms with van der Waals surface area (Å²) in [6, 6.07) is 0. The van der Waals surface area contributed by atoms with Crippen LogP contribution in [0.15, 0.2) is 11.1 Å². The lowest BCUT2D eigenvalue weighted by Crippen LogP contribution is -2.54. The average molecular weight is 275 g/mol. The van der Waals surface area contributed by atoms with Crippen molar-refractivity contribution in [2.75, 3.05) is 14.2 Å². The van der Waals surface area contributed by atoms with Crippen LogP contribution in [0.3, 0.4) is 0 Å². The van der Waals surface area contributed by atoms with Crippen LogP contribution in [0.5, 0.6) is 0 Å². The zero-order chi connectivity index (χ0) is 13.4.